The molecular weight excluding hydrogens is 524 g/mol. The molecule has 3 heterocycles. The van der Waals surface area contributed by atoms with Crippen molar-refractivity contribution in [2.24, 2.45) is 0 Å². The molecule has 0 unspecified atom stereocenters. The van der Waals surface area contributed by atoms with Gasteiger partial charge in [-0.2, -0.15) is 0 Å². The van der Waals surface area contributed by atoms with Crippen molar-refractivity contribution in [3.63, 3.8) is 0 Å². The fourth-order valence-electron chi connectivity index (χ4n) is 5.18. The fraction of sp³-hybridized carbons (Fsp3) is 0.467. The van der Waals surface area contributed by atoms with Gasteiger partial charge in [-0.25, -0.2) is 0 Å². The second kappa shape index (κ2) is 13.8. The van der Waals surface area contributed by atoms with E-state index < -0.39 is 0 Å². The van der Waals surface area contributed by atoms with Crippen molar-refractivity contribution in [3.8, 4) is 0 Å². The molecule has 0 radical (unpaired) electrons. The molecule has 212 valence electrons. The number of amides is 2. The zero-order chi connectivity index (χ0) is 27.7. The molecule has 2 N–H and O–H groups in total. The number of nitrogens with one attached hydrogen (secondary N) is 2. The smallest absolute Gasteiger partial charge is 0.251 e. The van der Waals surface area contributed by atoms with E-state index in [2.05, 4.69) is 37.6 Å². The Kier molecular flexibility index (Phi) is 9.75. The second-order valence-corrected chi connectivity index (χ2v) is 11.4. The van der Waals surface area contributed by atoms with E-state index in [1.54, 1.807) is 0 Å². The zero-order valence-electron chi connectivity index (χ0n) is 23.1. The summed E-state index contributed by atoms with van der Waals surface area (Å²) in [5.41, 5.74) is 2.73. The topological polar surface area (TPSA) is 99.7 Å². The minimum atomic E-state index is -0.0950. The van der Waals surface area contributed by atoms with Crippen molar-refractivity contribution in [2.45, 2.75) is 57.8 Å². The third kappa shape index (κ3) is 7.87. The van der Waals surface area contributed by atoms with Crippen LogP contribution < -0.4 is 15.5 Å². The molecule has 2 aromatic carbocycles. The minimum Gasteiger partial charge on any atom is -0.373 e. The maximum atomic E-state index is 12.7. The molecule has 3 aromatic rings. The highest BCUT2D eigenvalue weighted by Gasteiger charge is 2.23. The monoisotopic (exact) mass is 562 g/mol. The van der Waals surface area contributed by atoms with Crippen molar-refractivity contribution in [3.05, 3.63) is 71.3 Å². The van der Waals surface area contributed by atoms with Crippen LogP contribution in [-0.4, -0.2) is 71.8 Å². The van der Waals surface area contributed by atoms with Gasteiger partial charge in [0.25, 0.3) is 5.91 Å². The van der Waals surface area contributed by atoms with E-state index in [-0.39, 0.29) is 24.0 Å². The van der Waals surface area contributed by atoms with E-state index in [0.29, 0.717) is 23.7 Å². The molecule has 10 heteroatoms. The summed E-state index contributed by atoms with van der Waals surface area (Å²) in [6.07, 6.45) is 4.30. The number of likely N-dealkylation sites (tertiary alicyclic amines) is 1. The number of aromatic nitrogens is 2. The molecule has 9 nitrogen and oxygen atoms in total. The van der Waals surface area contributed by atoms with Gasteiger partial charge in [-0.05, 0) is 55.5 Å². The van der Waals surface area contributed by atoms with Gasteiger partial charge in [0.1, 0.15) is 0 Å². The summed E-state index contributed by atoms with van der Waals surface area (Å²) in [4.78, 5) is 29.6. The average Bonchev–Trinajstić information content (AvgIpc) is 3.45. The standard InChI is InChI=1S/C30H38N6O3S/c1-2-35-16-12-25(13-17-35)31-28(38)24-10-8-23(9-11-24)21-39-26-14-18-36(19-15-26)30-34-33-29(40-30)32-27(37)20-22-6-4-3-5-7-22/h3-11,25-26H,2,12-21H2,1H3,(H,31,38)(H,32,33,37). The summed E-state index contributed by atoms with van der Waals surface area (Å²) in [5, 5.41) is 15.8. The Morgan fingerprint density at radius 1 is 0.925 bits per heavy atom. The highest BCUT2D eigenvalue weighted by Crippen LogP contribution is 2.28. The number of hydrogen-bond acceptors (Lipinski definition) is 8. The molecule has 2 aliphatic rings. The van der Waals surface area contributed by atoms with Crippen molar-refractivity contribution in [1.29, 1.82) is 0 Å². The normalized spacial score (nSPS) is 17.1. The van der Waals surface area contributed by atoms with Gasteiger partial charge in [-0.15, -0.1) is 10.2 Å². The Hall–Kier alpha value is -3.34. The molecule has 5 rings (SSSR count). The molecule has 2 saturated heterocycles. The van der Waals surface area contributed by atoms with Gasteiger partial charge >= 0.3 is 0 Å². The van der Waals surface area contributed by atoms with Gasteiger partial charge < -0.3 is 25.2 Å². The third-order valence-electron chi connectivity index (χ3n) is 7.65. The van der Waals surface area contributed by atoms with Crippen LogP contribution in [0.25, 0.3) is 0 Å². The van der Waals surface area contributed by atoms with Crippen molar-refractivity contribution >= 4 is 33.4 Å². The van der Waals surface area contributed by atoms with Crippen LogP contribution in [0.15, 0.2) is 54.6 Å². The predicted molar refractivity (Wildman–Crippen MR) is 158 cm³/mol. The number of piperidine rings is 2. The minimum absolute atomic E-state index is 0.00498. The van der Waals surface area contributed by atoms with Crippen LogP contribution in [-0.2, 0) is 22.6 Å². The average molecular weight is 563 g/mol. The van der Waals surface area contributed by atoms with E-state index in [0.717, 1.165) is 74.7 Å². The first-order valence-corrected chi connectivity index (χ1v) is 15.0. The van der Waals surface area contributed by atoms with Gasteiger partial charge in [0.15, 0.2) is 0 Å². The molecular formula is C30H38N6O3S. The van der Waals surface area contributed by atoms with Crippen LogP contribution in [0.1, 0.15) is 54.1 Å². The first-order chi connectivity index (χ1) is 19.6. The SMILES string of the molecule is CCN1CCC(NC(=O)c2ccc(COC3CCN(c4nnc(NC(=O)Cc5ccccc5)s4)CC3)cc2)CC1. The van der Waals surface area contributed by atoms with E-state index in [4.69, 9.17) is 4.74 Å². The fourth-order valence-corrected chi connectivity index (χ4v) is 5.99. The van der Waals surface area contributed by atoms with Gasteiger partial charge in [0.2, 0.25) is 16.2 Å². The van der Waals surface area contributed by atoms with Crippen molar-refractivity contribution in [2.75, 3.05) is 42.9 Å². The third-order valence-corrected chi connectivity index (χ3v) is 8.55. The van der Waals surface area contributed by atoms with Gasteiger partial charge in [-0.3, -0.25) is 9.59 Å². The lowest BCUT2D eigenvalue weighted by atomic mass is 10.0. The van der Waals surface area contributed by atoms with Crippen LogP contribution in [0, 0.1) is 0 Å². The summed E-state index contributed by atoms with van der Waals surface area (Å²) < 4.78 is 6.19. The quantitative estimate of drug-likeness (QED) is 0.384. The van der Waals surface area contributed by atoms with Gasteiger partial charge in [-0.1, -0.05) is 60.7 Å². The van der Waals surface area contributed by atoms with Crippen LogP contribution in [0.3, 0.4) is 0 Å². The second-order valence-electron chi connectivity index (χ2n) is 10.5. The maximum Gasteiger partial charge on any atom is 0.251 e. The summed E-state index contributed by atoms with van der Waals surface area (Å²) >= 11 is 1.40. The van der Waals surface area contributed by atoms with Gasteiger partial charge in [0.05, 0.1) is 19.1 Å². The van der Waals surface area contributed by atoms with Crippen LogP contribution in [0.2, 0.25) is 0 Å². The maximum absolute atomic E-state index is 12.7. The zero-order valence-corrected chi connectivity index (χ0v) is 23.9. The molecule has 0 bridgehead atoms. The van der Waals surface area contributed by atoms with Crippen LogP contribution in [0.5, 0.6) is 0 Å². The Morgan fingerprint density at radius 3 is 2.35 bits per heavy atom. The van der Waals surface area contributed by atoms with Crippen LogP contribution in [0.4, 0.5) is 10.3 Å². The van der Waals surface area contributed by atoms with Gasteiger partial charge in [0, 0.05) is 37.8 Å². The molecule has 2 aliphatic heterocycles. The largest absolute Gasteiger partial charge is 0.373 e. The highest BCUT2D eigenvalue weighted by atomic mass is 32.1. The molecule has 0 aliphatic carbocycles. The Morgan fingerprint density at radius 2 is 1.65 bits per heavy atom. The molecule has 40 heavy (non-hydrogen) atoms. The van der Waals surface area contributed by atoms with E-state index in [9.17, 15) is 9.59 Å². The number of carbonyl (C=O) groups is 2. The lowest BCUT2D eigenvalue weighted by Crippen LogP contribution is -2.44. The Balaban J connectivity index is 1.01. The summed E-state index contributed by atoms with van der Waals surface area (Å²) in [7, 11) is 0. The molecule has 0 spiro atoms. The molecule has 0 atom stereocenters. The number of anilines is 2. The Bertz CT molecular complexity index is 1240. The number of nitrogens with zero attached hydrogens (tertiary/aromatic N) is 4. The summed E-state index contributed by atoms with van der Waals surface area (Å²) in [5.74, 6) is -0.0901. The molecule has 2 amide bonds. The molecule has 1 aromatic heterocycles. The van der Waals surface area contributed by atoms with Crippen LogP contribution >= 0.6 is 11.3 Å². The number of carbonyl (C=O) groups excluding carboxylic acids is 2. The number of benzene rings is 2. The number of ether oxygens (including phenoxy) is 1. The molecule has 0 saturated carbocycles. The van der Waals surface area contributed by atoms with E-state index in [1.807, 2.05) is 54.6 Å². The predicted octanol–water partition coefficient (Wildman–Crippen LogP) is 4.12. The lowest BCUT2D eigenvalue weighted by molar-refractivity contribution is -0.115. The summed E-state index contributed by atoms with van der Waals surface area (Å²) in [6, 6.07) is 17.7. The van der Waals surface area contributed by atoms with E-state index in [1.165, 1.54) is 11.3 Å². The first-order valence-electron chi connectivity index (χ1n) is 14.2. The van der Waals surface area contributed by atoms with E-state index >= 15 is 0 Å². The highest BCUT2D eigenvalue weighted by molar-refractivity contribution is 7.19. The van der Waals surface area contributed by atoms with Crippen molar-refractivity contribution < 1.29 is 14.3 Å². The van der Waals surface area contributed by atoms with Crippen molar-refractivity contribution in [1.82, 2.24) is 20.4 Å². The Labute approximate surface area is 239 Å². The number of rotatable bonds is 10. The molecule has 2 fully saturated rings. The lowest BCUT2D eigenvalue weighted by Gasteiger charge is -2.31. The number of hydrogen-bond donors (Lipinski definition) is 2. The first kappa shape index (κ1) is 28.2. The summed E-state index contributed by atoms with van der Waals surface area (Å²) in [6.45, 7) is 7.53.